The van der Waals surface area contributed by atoms with Crippen LogP contribution in [0, 0.1) is 0 Å². The highest BCUT2D eigenvalue weighted by Gasteiger charge is 2.43. The van der Waals surface area contributed by atoms with E-state index in [1.165, 1.54) is 7.11 Å². The van der Waals surface area contributed by atoms with Gasteiger partial charge in [-0.2, -0.15) is 0 Å². The third-order valence-corrected chi connectivity index (χ3v) is 7.28. The molecule has 2 aromatic carbocycles. The molecule has 0 unspecified atom stereocenters. The van der Waals surface area contributed by atoms with Gasteiger partial charge in [0.2, 0.25) is 5.91 Å². The van der Waals surface area contributed by atoms with Gasteiger partial charge in [0.1, 0.15) is 0 Å². The highest BCUT2D eigenvalue weighted by molar-refractivity contribution is 7.98. The number of methoxy groups -OCH3 is 2. The standard InChI is InChI=1S/C26H35N3O4S/c1-7-29(8-2)14-13-27-25(30)23-19-15-21(32-4)22(33-5)16-20(19)26(31)28(3)24(23)17-9-11-18(34-6)12-10-17/h9-12,15-16,23-24H,7-8,13-14H2,1-6H3,(H,27,30)/t23-,24-/m0/s1. The number of nitrogens with one attached hydrogen (secondary N) is 1. The van der Waals surface area contributed by atoms with E-state index in [0.29, 0.717) is 29.2 Å². The van der Waals surface area contributed by atoms with E-state index in [4.69, 9.17) is 9.47 Å². The average molecular weight is 486 g/mol. The van der Waals surface area contributed by atoms with Crippen molar-refractivity contribution in [3.05, 3.63) is 53.1 Å². The van der Waals surface area contributed by atoms with Crippen LogP contribution in [0.3, 0.4) is 0 Å². The van der Waals surface area contributed by atoms with Crippen LogP contribution in [-0.4, -0.2) is 75.3 Å². The molecular weight excluding hydrogens is 450 g/mol. The van der Waals surface area contributed by atoms with Crippen LogP contribution in [0.1, 0.15) is 47.3 Å². The molecule has 0 aliphatic carbocycles. The smallest absolute Gasteiger partial charge is 0.254 e. The van der Waals surface area contributed by atoms with Gasteiger partial charge >= 0.3 is 0 Å². The van der Waals surface area contributed by atoms with Crippen LogP contribution in [0.5, 0.6) is 11.5 Å². The van der Waals surface area contributed by atoms with Gasteiger partial charge in [0.25, 0.3) is 5.91 Å². The van der Waals surface area contributed by atoms with Crippen LogP contribution < -0.4 is 14.8 Å². The Morgan fingerprint density at radius 2 is 1.71 bits per heavy atom. The zero-order valence-electron chi connectivity index (χ0n) is 20.9. The molecule has 0 aromatic heterocycles. The molecule has 1 aliphatic heterocycles. The summed E-state index contributed by atoms with van der Waals surface area (Å²) in [5, 5.41) is 3.12. The number of ether oxygens (including phenoxy) is 2. The van der Waals surface area contributed by atoms with Crippen molar-refractivity contribution in [1.82, 2.24) is 15.1 Å². The summed E-state index contributed by atoms with van der Waals surface area (Å²) in [4.78, 5) is 32.2. The number of nitrogens with zero attached hydrogens (tertiary/aromatic N) is 2. The van der Waals surface area contributed by atoms with Crippen LogP contribution in [-0.2, 0) is 4.79 Å². The Morgan fingerprint density at radius 1 is 1.09 bits per heavy atom. The van der Waals surface area contributed by atoms with Gasteiger partial charge in [-0.25, -0.2) is 0 Å². The Kier molecular flexibility index (Phi) is 8.85. The molecule has 184 valence electrons. The number of carbonyl (C=O) groups is 2. The van der Waals surface area contributed by atoms with Crippen molar-refractivity contribution >= 4 is 23.6 Å². The molecule has 2 aromatic rings. The molecule has 2 atom stereocenters. The molecule has 1 aliphatic rings. The molecule has 1 heterocycles. The summed E-state index contributed by atoms with van der Waals surface area (Å²) >= 11 is 1.65. The normalized spacial score (nSPS) is 17.5. The second-order valence-electron chi connectivity index (χ2n) is 8.22. The van der Waals surface area contributed by atoms with Gasteiger partial charge in [0.15, 0.2) is 11.5 Å². The molecule has 1 N–H and O–H groups in total. The molecule has 7 nitrogen and oxygen atoms in total. The van der Waals surface area contributed by atoms with Crippen molar-refractivity contribution in [2.45, 2.75) is 30.7 Å². The van der Waals surface area contributed by atoms with Crippen LogP contribution in [0.4, 0.5) is 0 Å². The van der Waals surface area contributed by atoms with E-state index >= 15 is 0 Å². The first-order valence-electron chi connectivity index (χ1n) is 11.6. The molecule has 2 amide bonds. The minimum atomic E-state index is -0.589. The molecule has 0 saturated heterocycles. The predicted molar refractivity (Wildman–Crippen MR) is 136 cm³/mol. The molecule has 0 saturated carbocycles. The summed E-state index contributed by atoms with van der Waals surface area (Å²) in [5.74, 6) is 0.109. The van der Waals surface area contributed by atoms with E-state index in [1.807, 2.05) is 30.5 Å². The third-order valence-electron chi connectivity index (χ3n) is 6.54. The first-order chi connectivity index (χ1) is 16.4. The number of fused-ring (bicyclic) bond motifs is 1. The largest absolute Gasteiger partial charge is 0.493 e. The molecule has 0 fully saturated rings. The number of benzene rings is 2. The Bertz CT molecular complexity index is 1010. The van der Waals surface area contributed by atoms with E-state index < -0.39 is 12.0 Å². The Hall–Kier alpha value is -2.71. The topological polar surface area (TPSA) is 71.1 Å². The van der Waals surface area contributed by atoms with Gasteiger partial charge in [-0.1, -0.05) is 26.0 Å². The van der Waals surface area contributed by atoms with Gasteiger partial charge in [-0.15, -0.1) is 11.8 Å². The number of carbonyl (C=O) groups excluding carboxylic acids is 2. The first kappa shape index (κ1) is 25.9. The highest BCUT2D eigenvalue weighted by atomic mass is 32.2. The van der Waals surface area contributed by atoms with E-state index in [-0.39, 0.29) is 11.8 Å². The lowest BCUT2D eigenvalue weighted by Gasteiger charge is -2.40. The van der Waals surface area contributed by atoms with Gasteiger partial charge in [-0.05, 0) is 54.7 Å². The fraction of sp³-hybridized carbons (Fsp3) is 0.462. The van der Waals surface area contributed by atoms with E-state index in [0.717, 1.165) is 30.1 Å². The van der Waals surface area contributed by atoms with Crippen LogP contribution in [0.15, 0.2) is 41.3 Å². The Balaban J connectivity index is 2.06. The van der Waals surface area contributed by atoms with E-state index in [9.17, 15) is 9.59 Å². The number of likely N-dealkylation sites (N-methyl/N-ethyl adjacent to an activating group) is 2. The van der Waals surface area contributed by atoms with Crippen molar-refractivity contribution in [2.75, 3.05) is 53.7 Å². The predicted octanol–water partition coefficient (Wildman–Crippen LogP) is 3.79. The third kappa shape index (κ3) is 5.18. The van der Waals surface area contributed by atoms with Crippen molar-refractivity contribution in [1.29, 1.82) is 0 Å². The zero-order valence-corrected chi connectivity index (χ0v) is 21.7. The Morgan fingerprint density at radius 3 is 2.26 bits per heavy atom. The molecule has 34 heavy (non-hydrogen) atoms. The average Bonchev–Trinajstić information content (AvgIpc) is 2.87. The van der Waals surface area contributed by atoms with E-state index in [1.54, 1.807) is 43.0 Å². The van der Waals surface area contributed by atoms with Crippen molar-refractivity contribution in [3.8, 4) is 11.5 Å². The maximum absolute atomic E-state index is 13.7. The Labute approximate surface area is 206 Å². The van der Waals surface area contributed by atoms with Gasteiger partial charge in [-0.3, -0.25) is 9.59 Å². The maximum Gasteiger partial charge on any atom is 0.254 e. The number of thioether (sulfide) groups is 1. The second kappa shape index (κ2) is 11.6. The lowest BCUT2D eigenvalue weighted by atomic mass is 9.79. The van der Waals surface area contributed by atoms with Crippen molar-refractivity contribution < 1.29 is 19.1 Å². The van der Waals surface area contributed by atoms with Crippen LogP contribution >= 0.6 is 11.8 Å². The molecule has 0 bridgehead atoms. The quantitative estimate of drug-likeness (QED) is 0.517. The summed E-state index contributed by atoms with van der Waals surface area (Å²) < 4.78 is 10.9. The number of hydrogen-bond donors (Lipinski definition) is 1. The van der Waals surface area contributed by atoms with Gasteiger partial charge in [0, 0.05) is 30.6 Å². The second-order valence-corrected chi connectivity index (χ2v) is 9.10. The summed E-state index contributed by atoms with van der Waals surface area (Å²) in [6.45, 7) is 7.38. The maximum atomic E-state index is 13.7. The zero-order chi connectivity index (χ0) is 24.8. The summed E-state index contributed by atoms with van der Waals surface area (Å²) in [7, 11) is 4.85. The number of hydrogen-bond acceptors (Lipinski definition) is 6. The minimum absolute atomic E-state index is 0.112. The SMILES string of the molecule is CCN(CC)CCNC(=O)[C@H]1c2cc(OC)c(OC)cc2C(=O)N(C)[C@H]1c1ccc(SC)cc1. The number of rotatable bonds is 10. The summed E-state index contributed by atoms with van der Waals surface area (Å²) in [6, 6.07) is 11.1. The van der Waals surface area contributed by atoms with Crippen LogP contribution in [0.25, 0.3) is 0 Å². The van der Waals surface area contributed by atoms with Crippen molar-refractivity contribution in [2.24, 2.45) is 0 Å². The fourth-order valence-electron chi connectivity index (χ4n) is 4.54. The fourth-order valence-corrected chi connectivity index (χ4v) is 4.94. The lowest BCUT2D eigenvalue weighted by Crippen LogP contribution is -2.46. The highest BCUT2D eigenvalue weighted by Crippen LogP contribution is 2.45. The van der Waals surface area contributed by atoms with Gasteiger partial charge in [0.05, 0.1) is 26.2 Å². The summed E-state index contributed by atoms with van der Waals surface area (Å²) in [6.07, 6.45) is 2.02. The molecule has 0 spiro atoms. The lowest BCUT2D eigenvalue weighted by molar-refractivity contribution is -0.124. The monoisotopic (exact) mass is 485 g/mol. The molecule has 8 heteroatoms. The summed E-state index contributed by atoms with van der Waals surface area (Å²) in [5.41, 5.74) is 2.03. The van der Waals surface area contributed by atoms with Crippen LogP contribution in [0.2, 0.25) is 0 Å². The van der Waals surface area contributed by atoms with E-state index in [2.05, 4.69) is 24.1 Å². The van der Waals surface area contributed by atoms with Gasteiger partial charge < -0.3 is 24.6 Å². The first-order valence-corrected chi connectivity index (χ1v) is 12.8. The van der Waals surface area contributed by atoms with Crippen molar-refractivity contribution in [3.63, 3.8) is 0 Å². The molecule has 3 rings (SSSR count). The molecule has 0 radical (unpaired) electrons. The molecular formula is C26H35N3O4S. The minimum Gasteiger partial charge on any atom is -0.493 e. The number of amides is 2.